The third-order valence-corrected chi connectivity index (χ3v) is 2.65. The SMILES string of the molecule is CCCC[C@@H](O)[C@@H]1OC(=O)C=C1Br. The first kappa shape index (κ1) is 10.7. The normalized spacial score (nSPS) is 24.1. The van der Waals surface area contributed by atoms with Gasteiger partial charge in [0.2, 0.25) is 0 Å². The maximum atomic E-state index is 10.8. The van der Waals surface area contributed by atoms with Gasteiger partial charge < -0.3 is 9.84 Å². The fraction of sp³-hybridized carbons (Fsp3) is 0.667. The molecule has 1 aliphatic rings. The van der Waals surface area contributed by atoms with Gasteiger partial charge in [-0.05, 0) is 6.42 Å². The monoisotopic (exact) mass is 248 g/mol. The summed E-state index contributed by atoms with van der Waals surface area (Å²) >= 11 is 3.19. The number of hydrogen-bond acceptors (Lipinski definition) is 3. The second kappa shape index (κ2) is 4.77. The molecular weight excluding hydrogens is 236 g/mol. The Morgan fingerprint density at radius 3 is 2.92 bits per heavy atom. The Morgan fingerprint density at radius 1 is 1.77 bits per heavy atom. The summed E-state index contributed by atoms with van der Waals surface area (Å²) in [6, 6.07) is 0. The maximum absolute atomic E-state index is 10.8. The van der Waals surface area contributed by atoms with Gasteiger partial charge >= 0.3 is 5.97 Å². The maximum Gasteiger partial charge on any atom is 0.332 e. The summed E-state index contributed by atoms with van der Waals surface area (Å²) < 4.78 is 5.54. The molecule has 1 rings (SSSR count). The van der Waals surface area contributed by atoms with Crippen LogP contribution in [0.25, 0.3) is 0 Å². The van der Waals surface area contributed by atoms with Crippen molar-refractivity contribution < 1.29 is 14.6 Å². The Morgan fingerprint density at radius 2 is 2.46 bits per heavy atom. The second-order valence-electron chi connectivity index (χ2n) is 3.10. The first-order chi connectivity index (χ1) is 6.15. The molecule has 0 saturated carbocycles. The zero-order chi connectivity index (χ0) is 9.84. The number of halogens is 1. The van der Waals surface area contributed by atoms with Crippen molar-refractivity contribution >= 4 is 21.9 Å². The van der Waals surface area contributed by atoms with E-state index >= 15 is 0 Å². The Hall–Kier alpha value is -0.350. The minimum absolute atomic E-state index is 0.382. The third-order valence-electron chi connectivity index (χ3n) is 1.97. The van der Waals surface area contributed by atoms with Crippen LogP contribution in [0.15, 0.2) is 10.6 Å². The molecule has 4 heteroatoms. The van der Waals surface area contributed by atoms with Crippen LogP contribution in [0.5, 0.6) is 0 Å². The lowest BCUT2D eigenvalue weighted by Crippen LogP contribution is -2.27. The number of carbonyl (C=O) groups excluding carboxylic acids is 1. The molecule has 0 saturated heterocycles. The molecule has 0 bridgehead atoms. The molecule has 0 fully saturated rings. The molecule has 3 nitrogen and oxygen atoms in total. The van der Waals surface area contributed by atoms with Crippen LogP contribution in [-0.4, -0.2) is 23.3 Å². The van der Waals surface area contributed by atoms with Crippen molar-refractivity contribution in [3.63, 3.8) is 0 Å². The summed E-state index contributed by atoms with van der Waals surface area (Å²) in [4.78, 5) is 10.8. The topological polar surface area (TPSA) is 46.5 Å². The van der Waals surface area contributed by atoms with Crippen molar-refractivity contribution in [3.8, 4) is 0 Å². The van der Waals surface area contributed by atoms with Gasteiger partial charge in [0.05, 0.1) is 6.10 Å². The van der Waals surface area contributed by atoms with E-state index in [-0.39, 0.29) is 5.97 Å². The van der Waals surface area contributed by atoms with Crippen LogP contribution >= 0.6 is 15.9 Å². The molecule has 13 heavy (non-hydrogen) atoms. The van der Waals surface area contributed by atoms with Gasteiger partial charge in [-0.25, -0.2) is 4.79 Å². The number of cyclic esters (lactones) is 1. The van der Waals surface area contributed by atoms with Crippen LogP contribution in [0.3, 0.4) is 0 Å². The molecule has 0 aliphatic carbocycles. The highest BCUT2D eigenvalue weighted by atomic mass is 79.9. The van der Waals surface area contributed by atoms with E-state index in [1.54, 1.807) is 0 Å². The van der Waals surface area contributed by atoms with Gasteiger partial charge in [0.25, 0.3) is 0 Å². The van der Waals surface area contributed by atoms with Crippen molar-refractivity contribution in [2.45, 2.75) is 38.4 Å². The number of ether oxygens (including phenoxy) is 1. The van der Waals surface area contributed by atoms with Gasteiger partial charge in [-0.15, -0.1) is 0 Å². The predicted molar refractivity (Wildman–Crippen MR) is 52.4 cm³/mol. The Bertz CT molecular complexity index is 225. The van der Waals surface area contributed by atoms with Crippen molar-refractivity contribution in [1.82, 2.24) is 0 Å². The molecule has 1 aliphatic heterocycles. The Balaban J connectivity index is 2.44. The predicted octanol–water partition coefficient (Wildman–Crippen LogP) is 1.74. The molecule has 0 unspecified atom stereocenters. The average molecular weight is 249 g/mol. The quantitative estimate of drug-likeness (QED) is 0.772. The number of rotatable bonds is 4. The lowest BCUT2D eigenvalue weighted by Gasteiger charge is -2.17. The van der Waals surface area contributed by atoms with E-state index in [4.69, 9.17) is 4.74 Å². The molecule has 74 valence electrons. The lowest BCUT2D eigenvalue weighted by atomic mass is 10.1. The highest BCUT2D eigenvalue weighted by Crippen LogP contribution is 2.25. The zero-order valence-electron chi connectivity index (χ0n) is 7.50. The number of unbranched alkanes of at least 4 members (excludes halogenated alkanes) is 1. The Labute approximate surface area is 85.9 Å². The van der Waals surface area contributed by atoms with Gasteiger partial charge in [-0.2, -0.15) is 0 Å². The highest BCUT2D eigenvalue weighted by Gasteiger charge is 2.30. The summed E-state index contributed by atoms with van der Waals surface area (Å²) in [5.74, 6) is -0.382. The van der Waals surface area contributed by atoms with E-state index in [0.29, 0.717) is 10.9 Å². The van der Waals surface area contributed by atoms with E-state index < -0.39 is 12.2 Å². The minimum Gasteiger partial charge on any atom is -0.451 e. The number of esters is 1. The number of aliphatic hydroxyl groups excluding tert-OH is 1. The molecule has 0 aromatic carbocycles. The number of hydrogen-bond donors (Lipinski definition) is 1. The van der Waals surface area contributed by atoms with E-state index in [2.05, 4.69) is 22.9 Å². The van der Waals surface area contributed by atoms with Crippen LogP contribution in [0.4, 0.5) is 0 Å². The van der Waals surface area contributed by atoms with E-state index in [9.17, 15) is 9.90 Å². The van der Waals surface area contributed by atoms with E-state index in [0.717, 1.165) is 12.8 Å². The smallest absolute Gasteiger partial charge is 0.332 e. The summed E-state index contributed by atoms with van der Waals surface area (Å²) in [7, 11) is 0. The number of aliphatic hydroxyl groups is 1. The molecule has 0 radical (unpaired) electrons. The van der Waals surface area contributed by atoms with E-state index in [1.165, 1.54) is 6.08 Å². The van der Waals surface area contributed by atoms with Crippen LogP contribution in [-0.2, 0) is 9.53 Å². The summed E-state index contributed by atoms with van der Waals surface area (Å²) in [6.07, 6.45) is 2.92. The van der Waals surface area contributed by atoms with Crippen LogP contribution in [0.2, 0.25) is 0 Å². The van der Waals surface area contributed by atoms with Crippen molar-refractivity contribution in [3.05, 3.63) is 10.6 Å². The summed E-state index contributed by atoms with van der Waals surface area (Å²) in [5, 5.41) is 9.62. The fourth-order valence-electron chi connectivity index (χ4n) is 1.24. The van der Waals surface area contributed by atoms with Crippen molar-refractivity contribution in [2.75, 3.05) is 0 Å². The standard InChI is InChI=1S/C9H13BrO3/c1-2-3-4-7(11)9-6(10)5-8(12)13-9/h5,7,9,11H,2-4H2,1H3/t7-,9-/m1/s1. The van der Waals surface area contributed by atoms with E-state index in [1.807, 2.05) is 0 Å². The molecular formula is C9H13BrO3. The molecule has 0 spiro atoms. The highest BCUT2D eigenvalue weighted by molar-refractivity contribution is 9.11. The first-order valence-corrected chi connectivity index (χ1v) is 5.20. The lowest BCUT2D eigenvalue weighted by molar-refractivity contribution is -0.142. The zero-order valence-corrected chi connectivity index (χ0v) is 9.08. The molecule has 1 N–H and O–H groups in total. The van der Waals surface area contributed by atoms with Crippen molar-refractivity contribution in [1.29, 1.82) is 0 Å². The second-order valence-corrected chi connectivity index (χ2v) is 4.01. The molecule has 0 aromatic heterocycles. The van der Waals surface area contributed by atoms with Crippen LogP contribution in [0.1, 0.15) is 26.2 Å². The molecule has 0 aromatic rings. The van der Waals surface area contributed by atoms with Crippen LogP contribution < -0.4 is 0 Å². The molecule has 2 atom stereocenters. The van der Waals surface area contributed by atoms with Gasteiger partial charge in [-0.3, -0.25) is 0 Å². The molecule has 0 amide bonds. The third kappa shape index (κ3) is 2.81. The van der Waals surface area contributed by atoms with Crippen molar-refractivity contribution in [2.24, 2.45) is 0 Å². The fourth-order valence-corrected chi connectivity index (χ4v) is 1.82. The summed E-state index contributed by atoms with van der Waals surface area (Å²) in [6.45, 7) is 2.05. The Kier molecular flexibility index (Phi) is 3.93. The number of carbonyl (C=O) groups is 1. The molecule has 1 heterocycles. The first-order valence-electron chi connectivity index (χ1n) is 4.41. The van der Waals surface area contributed by atoms with Gasteiger partial charge in [-0.1, -0.05) is 35.7 Å². The van der Waals surface area contributed by atoms with Gasteiger partial charge in [0.1, 0.15) is 0 Å². The summed E-state index contributed by atoms with van der Waals surface area (Å²) in [5.41, 5.74) is 0. The van der Waals surface area contributed by atoms with Gasteiger partial charge in [0.15, 0.2) is 6.10 Å². The minimum atomic E-state index is -0.586. The largest absolute Gasteiger partial charge is 0.451 e. The average Bonchev–Trinajstić information content (AvgIpc) is 2.41. The van der Waals surface area contributed by atoms with Gasteiger partial charge in [0, 0.05) is 10.6 Å². The van der Waals surface area contributed by atoms with Crippen LogP contribution in [0, 0.1) is 0 Å².